The zero-order chi connectivity index (χ0) is 18.9. The number of rotatable bonds is 4. The van der Waals surface area contributed by atoms with Crippen LogP contribution in [0.1, 0.15) is 28.9 Å². The van der Waals surface area contributed by atoms with Crippen LogP contribution in [-0.4, -0.2) is 31.7 Å². The molecule has 0 aliphatic carbocycles. The number of nitrogens with zero attached hydrogens (tertiary/aromatic N) is 1. The Hall–Kier alpha value is -1.91. The number of hydrogen-bond acceptors (Lipinski definition) is 4. The lowest BCUT2D eigenvalue weighted by molar-refractivity contribution is 0.102. The maximum Gasteiger partial charge on any atom is 0.267 e. The third kappa shape index (κ3) is 3.49. The molecule has 1 aromatic heterocycles. The minimum absolute atomic E-state index is 0.139. The lowest BCUT2D eigenvalue weighted by Gasteiger charge is -2.25. The fraction of sp³-hybridized carbons (Fsp3) is 0.312. The molecule has 0 spiro atoms. The summed E-state index contributed by atoms with van der Waals surface area (Å²) in [6.07, 6.45) is 2.42. The summed E-state index contributed by atoms with van der Waals surface area (Å²) in [5.41, 5.74) is -0.566. The second kappa shape index (κ2) is 7.37. The van der Waals surface area contributed by atoms with Crippen LogP contribution in [0.25, 0.3) is 0 Å². The molecular formula is C16H15F3N2O3S2. The van der Waals surface area contributed by atoms with Crippen molar-refractivity contribution in [3.05, 3.63) is 45.9 Å². The van der Waals surface area contributed by atoms with Crippen molar-refractivity contribution >= 4 is 33.0 Å². The molecule has 1 aromatic carbocycles. The number of benzene rings is 1. The molecule has 5 nitrogen and oxygen atoms in total. The van der Waals surface area contributed by atoms with Crippen molar-refractivity contribution < 1.29 is 26.4 Å². The Balaban J connectivity index is 1.88. The number of sulfonamides is 1. The second-order valence-electron chi connectivity index (χ2n) is 5.76. The minimum atomic E-state index is -3.86. The Kier molecular flexibility index (Phi) is 5.35. The lowest BCUT2D eigenvalue weighted by atomic mass is 10.2. The van der Waals surface area contributed by atoms with E-state index in [0.717, 1.165) is 36.7 Å². The molecule has 140 valence electrons. The van der Waals surface area contributed by atoms with Crippen molar-refractivity contribution in [3.63, 3.8) is 0 Å². The molecule has 1 saturated heterocycles. The number of anilines is 1. The van der Waals surface area contributed by atoms with Crippen LogP contribution in [0.4, 0.5) is 18.9 Å². The summed E-state index contributed by atoms with van der Waals surface area (Å²) in [4.78, 5) is 12.1. The highest BCUT2D eigenvalue weighted by Gasteiger charge is 2.31. The van der Waals surface area contributed by atoms with Gasteiger partial charge in [0.05, 0.1) is 5.69 Å². The molecular weight excluding hydrogens is 389 g/mol. The standard InChI is InChI=1S/C16H15F3N2O3S2/c17-10-4-5-11(14(19)13(10)18)20-16(22)15-12(6-9-25-15)26(23,24)21-7-2-1-3-8-21/h4-6,9H,1-3,7-8H2,(H,20,22). The van der Waals surface area contributed by atoms with E-state index in [1.807, 2.05) is 0 Å². The summed E-state index contributed by atoms with van der Waals surface area (Å²) < 4.78 is 66.9. The minimum Gasteiger partial charge on any atom is -0.319 e. The molecule has 0 atom stereocenters. The van der Waals surface area contributed by atoms with Crippen LogP contribution in [-0.2, 0) is 10.0 Å². The van der Waals surface area contributed by atoms with Crippen LogP contribution < -0.4 is 5.32 Å². The quantitative estimate of drug-likeness (QED) is 0.792. The molecule has 0 saturated carbocycles. The molecule has 1 fully saturated rings. The summed E-state index contributed by atoms with van der Waals surface area (Å²) in [6.45, 7) is 0.744. The molecule has 0 radical (unpaired) electrons. The number of piperidine rings is 1. The van der Waals surface area contributed by atoms with Crippen LogP contribution in [0.5, 0.6) is 0 Å². The number of carbonyl (C=O) groups excluding carboxylic acids is 1. The maximum absolute atomic E-state index is 13.7. The van der Waals surface area contributed by atoms with Crippen LogP contribution >= 0.6 is 11.3 Å². The van der Waals surface area contributed by atoms with E-state index in [2.05, 4.69) is 5.32 Å². The molecule has 1 aliphatic rings. The topological polar surface area (TPSA) is 66.5 Å². The normalized spacial score (nSPS) is 15.8. The summed E-state index contributed by atoms with van der Waals surface area (Å²) in [5.74, 6) is -5.55. The fourth-order valence-electron chi connectivity index (χ4n) is 2.71. The molecule has 1 N–H and O–H groups in total. The zero-order valence-electron chi connectivity index (χ0n) is 13.5. The molecule has 0 bridgehead atoms. The smallest absolute Gasteiger partial charge is 0.267 e. The van der Waals surface area contributed by atoms with E-state index in [9.17, 15) is 26.4 Å². The highest BCUT2D eigenvalue weighted by molar-refractivity contribution is 7.89. The molecule has 3 rings (SSSR count). The first-order valence-electron chi connectivity index (χ1n) is 7.85. The molecule has 10 heteroatoms. The van der Waals surface area contributed by atoms with E-state index < -0.39 is 39.1 Å². The van der Waals surface area contributed by atoms with Gasteiger partial charge in [-0.05, 0) is 36.4 Å². The number of hydrogen-bond donors (Lipinski definition) is 1. The average Bonchev–Trinajstić information content (AvgIpc) is 3.14. The largest absolute Gasteiger partial charge is 0.319 e. The zero-order valence-corrected chi connectivity index (χ0v) is 15.1. The fourth-order valence-corrected chi connectivity index (χ4v) is 5.52. The van der Waals surface area contributed by atoms with E-state index in [1.54, 1.807) is 0 Å². The van der Waals surface area contributed by atoms with Gasteiger partial charge in [0.15, 0.2) is 17.5 Å². The number of halogens is 3. The van der Waals surface area contributed by atoms with Crippen molar-refractivity contribution in [1.29, 1.82) is 0 Å². The van der Waals surface area contributed by atoms with Crippen molar-refractivity contribution in [2.75, 3.05) is 18.4 Å². The van der Waals surface area contributed by atoms with E-state index in [4.69, 9.17) is 0 Å². The number of nitrogens with one attached hydrogen (secondary N) is 1. The van der Waals surface area contributed by atoms with Crippen LogP contribution in [0, 0.1) is 17.5 Å². The van der Waals surface area contributed by atoms with Gasteiger partial charge >= 0.3 is 0 Å². The summed E-state index contributed by atoms with van der Waals surface area (Å²) >= 11 is 0.873. The highest BCUT2D eigenvalue weighted by Crippen LogP contribution is 2.29. The molecule has 26 heavy (non-hydrogen) atoms. The molecule has 2 heterocycles. The Bertz CT molecular complexity index is 938. The van der Waals surface area contributed by atoms with Gasteiger partial charge in [-0.15, -0.1) is 11.3 Å². The highest BCUT2D eigenvalue weighted by atomic mass is 32.2. The van der Waals surface area contributed by atoms with E-state index in [-0.39, 0.29) is 9.77 Å². The molecule has 0 unspecified atom stereocenters. The first-order valence-corrected chi connectivity index (χ1v) is 10.2. The van der Waals surface area contributed by atoms with E-state index in [1.165, 1.54) is 15.8 Å². The van der Waals surface area contributed by atoms with Gasteiger partial charge < -0.3 is 5.32 Å². The average molecular weight is 404 g/mol. The van der Waals surface area contributed by atoms with Gasteiger partial charge in [0.2, 0.25) is 10.0 Å². The molecule has 1 amide bonds. The van der Waals surface area contributed by atoms with E-state index in [0.29, 0.717) is 19.2 Å². The van der Waals surface area contributed by atoms with E-state index >= 15 is 0 Å². The first-order chi connectivity index (χ1) is 12.3. The Labute approximate surface area is 152 Å². The SMILES string of the molecule is O=C(Nc1ccc(F)c(F)c1F)c1sccc1S(=O)(=O)N1CCCCC1. The van der Waals surface area contributed by atoms with Gasteiger partial charge in [-0.2, -0.15) is 4.31 Å². The van der Waals surface area contributed by atoms with Crippen LogP contribution in [0.3, 0.4) is 0 Å². The second-order valence-corrected chi connectivity index (χ2v) is 8.58. The van der Waals surface area contributed by atoms with Gasteiger partial charge in [-0.25, -0.2) is 21.6 Å². The Morgan fingerprint density at radius 2 is 1.73 bits per heavy atom. The molecule has 1 aliphatic heterocycles. The van der Waals surface area contributed by atoms with Gasteiger partial charge in [-0.1, -0.05) is 6.42 Å². The van der Waals surface area contributed by atoms with Gasteiger partial charge in [0.1, 0.15) is 9.77 Å². The summed E-state index contributed by atoms with van der Waals surface area (Å²) in [6, 6.07) is 2.86. The Morgan fingerprint density at radius 3 is 2.42 bits per heavy atom. The first kappa shape index (κ1) is 18.9. The maximum atomic E-state index is 13.7. The number of amides is 1. The van der Waals surface area contributed by atoms with Crippen LogP contribution in [0.15, 0.2) is 28.5 Å². The Morgan fingerprint density at radius 1 is 1.04 bits per heavy atom. The van der Waals surface area contributed by atoms with Crippen molar-refractivity contribution in [2.24, 2.45) is 0 Å². The third-order valence-corrected chi connectivity index (χ3v) is 7.03. The summed E-state index contributed by atoms with van der Waals surface area (Å²) in [7, 11) is -3.86. The van der Waals surface area contributed by atoms with Crippen molar-refractivity contribution in [2.45, 2.75) is 24.2 Å². The lowest BCUT2D eigenvalue weighted by Crippen LogP contribution is -2.36. The van der Waals surface area contributed by atoms with Crippen molar-refractivity contribution in [1.82, 2.24) is 4.31 Å². The van der Waals surface area contributed by atoms with Gasteiger partial charge in [0, 0.05) is 13.1 Å². The monoisotopic (exact) mass is 404 g/mol. The van der Waals surface area contributed by atoms with Crippen LogP contribution in [0.2, 0.25) is 0 Å². The summed E-state index contributed by atoms with van der Waals surface area (Å²) in [5, 5.41) is 3.54. The van der Waals surface area contributed by atoms with Gasteiger partial charge in [0.25, 0.3) is 5.91 Å². The predicted octanol–water partition coefficient (Wildman–Crippen LogP) is 3.59. The third-order valence-electron chi connectivity index (χ3n) is 4.05. The van der Waals surface area contributed by atoms with Crippen molar-refractivity contribution in [3.8, 4) is 0 Å². The molecule has 2 aromatic rings. The predicted molar refractivity (Wildman–Crippen MR) is 91.2 cm³/mol. The number of thiophene rings is 1. The number of carbonyl (C=O) groups is 1. The van der Waals surface area contributed by atoms with Gasteiger partial charge in [-0.3, -0.25) is 4.79 Å².